The Bertz CT molecular complexity index is 1260. The molecule has 0 saturated carbocycles. The Morgan fingerprint density at radius 3 is 2.78 bits per heavy atom. The third-order valence-corrected chi connectivity index (χ3v) is 4.61. The van der Waals surface area contributed by atoms with E-state index in [4.69, 9.17) is 13.3 Å². The number of aromatic nitrogens is 3. The van der Waals surface area contributed by atoms with Crippen molar-refractivity contribution in [3.63, 3.8) is 0 Å². The fourth-order valence-corrected chi connectivity index (χ4v) is 3.16. The van der Waals surface area contributed by atoms with Gasteiger partial charge in [0.15, 0.2) is 11.4 Å². The Morgan fingerprint density at radius 1 is 1.22 bits per heavy atom. The quantitative estimate of drug-likeness (QED) is 0.486. The number of hydrogen-bond donors (Lipinski definition) is 0. The molecule has 3 aromatic heterocycles. The van der Waals surface area contributed by atoms with Crippen molar-refractivity contribution in [3.05, 3.63) is 47.8 Å². The topological polar surface area (TPSA) is 95.9 Å². The lowest BCUT2D eigenvalue weighted by molar-refractivity contribution is 0.312. The van der Waals surface area contributed by atoms with Crippen molar-refractivity contribution in [3.8, 4) is 17.2 Å². The zero-order chi connectivity index (χ0) is 19.2. The van der Waals surface area contributed by atoms with Crippen molar-refractivity contribution in [1.29, 1.82) is 0 Å². The maximum atomic E-state index is 11.4. The number of benzene rings is 1. The number of nitrogens with zero attached hydrogens (tertiary/aromatic N) is 3. The van der Waals surface area contributed by atoms with Gasteiger partial charge in [0, 0.05) is 11.5 Å². The molecule has 27 heavy (non-hydrogen) atoms. The maximum Gasteiger partial charge on any atom is 0.264 e. The van der Waals surface area contributed by atoms with Gasteiger partial charge in [0.1, 0.15) is 17.0 Å². The lowest BCUT2D eigenvalue weighted by atomic mass is 10.1. The first kappa shape index (κ1) is 17.5. The third kappa shape index (κ3) is 3.51. The minimum atomic E-state index is -3.57. The molecule has 140 valence electrons. The summed E-state index contributed by atoms with van der Waals surface area (Å²) in [6.07, 6.45) is 2.79. The Hall–Kier alpha value is -2.91. The highest BCUT2D eigenvalue weighted by molar-refractivity contribution is 7.85. The fourth-order valence-electron chi connectivity index (χ4n) is 2.81. The fraction of sp³-hybridized carbons (Fsp3) is 0.222. The minimum Gasteiger partial charge on any atom is -0.497 e. The Labute approximate surface area is 155 Å². The molecule has 0 radical (unpaired) electrons. The molecule has 4 aromatic rings. The number of fused-ring (bicyclic) bond motifs is 2. The molecule has 1 aromatic carbocycles. The molecular formula is C18H17N3O5S. The highest BCUT2D eigenvalue weighted by Crippen LogP contribution is 2.33. The molecule has 0 aliphatic carbocycles. The van der Waals surface area contributed by atoms with Crippen LogP contribution in [-0.4, -0.2) is 36.4 Å². The smallest absolute Gasteiger partial charge is 0.264 e. The minimum absolute atomic E-state index is 0.114. The monoisotopic (exact) mass is 387 g/mol. The lowest BCUT2D eigenvalue weighted by Crippen LogP contribution is -2.03. The number of hydrogen-bond acceptors (Lipinski definition) is 7. The van der Waals surface area contributed by atoms with Gasteiger partial charge in [-0.3, -0.25) is 4.18 Å². The van der Waals surface area contributed by atoms with Crippen LogP contribution in [0, 0.1) is 6.92 Å². The molecule has 4 rings (SSSR count). The lowest BCUT2D eigenvalue weighted by Gasteiger charge is -2.06. The molecule has 0 amide bonds. The predicted octanol–water partition coefficient (Wildman–Crippen LogP) is 2.94. The van der Waals surface area contributed by atoms with Crippen molar-refractivity contribution in [2.45, 2.75) is 13.5 Å². The molecule has 0 bridgehead atoms. The van der Waals surface area contributed by atoms with E-state index in [-0.39, 0.29) is 6.61 Å². The second-order valence-corrected chi connectivity index (χ2v) is 7.82. The van der Waals surface area contributed by atoms with Gasteiger partial charge >= 0.3 is 0 Å². The van der Waals surface area contributed by atoms with E-state index in [1.54, 1.807) is 22.8 Å². The van der Waals surface area contributed by atoms with Gasteiger partial charge in [-0.1, -0.05) is 0 Å². The van der Waals surface area contributed by atoms with Crippen LogP contribution in [-0.2, 0) is 20.9 Å². The van der Waals surface area contributed by atoms with Gasteiger partial charge in [-0.25, -0.2) is 9.50 Å². The van der Waals surface area contributed by atoms with E-state index in [0.29, 0.717) is 34.0 Å². The zero-order valence-corrected chi connectivity index (χ0v) is 15.8. The summed E-state index contributed by atoms with van der Waals surface area (Å²) in [5.74, 6) is 1.09. The molecule has 0 aliphatic rings. The van der Waals surface area contributed by atoms with Gasteiger partial charge in [0.2, 0.25) is 0 Å². The van der Waals surface area contributed by atoms with E-state index in [2.05, 4.69) is 10.1 Å². The summed E-state index contributed by atoms with van der Waals surface area (Å²) in [6.45, 7) is 1.79. The predicted molar refractivity (Wildman–Crippen MR) is 99.1 cm³/mol. The van der Waals surface area contributed by atoms with Crippen LogP contribution < -0.4 is 4.74 Å². The van der Waals surface area contributed by atoms with Crippen LogP contribution in [0.4, 0.5) is 0 Å². The van der Waals surface area contributed by atoms with Crippen LogP contribution in [0.3, 0.4) is 0 Å². The molecule has 0 saturated heterocycles. The molecule has 0 fully saturated rings. The van der Waals surface area contributed by atoms with Crippen LogP contribution in [0.25, 0.3) is 28.1 Å². The van der Waals surface area contributed by atoms with Crippen molar-refractivity contribution in [1.82, 2.24) is 14.6 Å². The number of methoxy groups -OCH3 is 1. The third-order valence-electron chi connectivity index (χ3n) is 4.07. The van der Waals surface area contributed by atoms with E-state index in [9.17, 15) is 8.42 Å². The first-order valence-electron chi connectivity index (χ1n) is 8.11. The van der Waals surface area contributed by atoms with Gasteiger partial charge in [0.25, 0.3) is 10.1 Å². The van der Waals surface area contributed by atoms with Crippen LogP contribution in [0.1, 0.15) is 11.3 Å². The van der Waals surface area contributed by atoms with Gasteiger partial charge in [-0.15, -0.1) is 0 Å². The summed E-state index contributed by atoms with van der Waals surface area (Å²) in [4.78, 5) is 4.53. The van der Waals surface area contributed by atoms with E-state index >= 15 is 0 Å². The summed E-state index contributed by atoms with van der Waals surface area (Å²) < 4.78 is 40.6. The van der Waals surface area contributed by atoms with Crippen LogP contribution in [0.15, 0.2) is 40.9 Å². The SMILES string of the molecule is COc1cc(COS(C)(=O)=O)c2cc(-c3cn4nc(C)ccc4n3)oc2c1. The summed E-state index contributed by atoms with van der Waals surface area (Å²) in [5, 5.41) is 5.12. The van der Waals surface area contributed by atoms with E-state index < -0.39 is 10.1 Å². The molecule has 0 N–H and O–H groups in total. The maximum absolute atomic E-state index is 11.4. The molecule has 8 nitrogen and oxygen atoms in total. The van der Waals surface area contributed by atoms with E-state index in [0.717, 1.165) is 17.3 Å². The molecule has 3 heterocycles. The van der Waals surface area contributed by atoms with Crippen molar-refractivity contribution in [2.24, 2.45) is 0 Å². The van der Waals surface area contributed by atoms with Gasteiger partial charge in [0.05, 0.1) is 31.9 Å². The largest absolute Gasteiger partial charge is 0.497 e. The average molecular weight is 387 g/mol. The molecular weight excluding hydrogens is 370 g/mol. The molecule has 0 atom stereocenters. The number of aryl methyl sites for hydroxylation is 1. The summed E-state index contributed by atoms with van der Waals surface area (Å²) in [6, 6.07) is 9.03. The Kier molecular flexibility index (Phi) is 4.12. The summed E-state index contributed by atoms with van der Waals surface area (Å²) in [7, 11) is -2.04. The highest BCUT2D eigenvalue weighted by Gasteiger charge is 2.16. The van der Waals surface area contributed by atoms with Crippen molar-refractivity contribution >= 4 is 26.7 Å². The number of rotatable bonds is 5. The molecule has 0 spiro atoms. The van der Waals surface area contributed by atoms with Gasteiger partial charge < -0.3 is 9.15 Å². The van der Waals surface area contributed by atoms with Crippen LogP contribution in [0.5, 0.6) is 5.75 Å². The molecule has 0 aliphatic heterocycles. The highest BCUT2D eigenvalue weighted by atomic mass is 32.2. The number of imidazole rings is 1. The average Bonchev–Trinajstić information content (AvgIpc) is 3.21. The van der Waals surface area contributed by atoms with E-state index in [1.807, 2.05) is 25.1 Å². The summed E-state index contributed by atoms with van der Waals surface area (Å²) >= 11 is 0. The Morgan fingerprint density at radius 2 is 2.04 bits per heavy atom. The molecule has 0 unspecified atom stereocenters. The number of ether oxygens (including phenoxy) is 1. The zero-order valence-electron chi connectivity index (χ0n) is 15.0. The number of furan rings is 1. The second-order valence-electron chi connectivity index (χ2n) is 6.18. The van der Waals surface area contributed by atoms with Gasteiger partial charge in [-0.05, 0) is 36.8 Å². The van der Waals surface area contributed by atoms with Gasteiger partial charge in [-0.2, -0.15) is 13.5 Å². The summed E-state index contributed by atoms with van der Waals surface area (Å²) in [5.41, 5.74) is 3.40. The second kappa shape index (κ2) is 6.36. The molecule has 9 heteroatoms. The van der Waals surface area contributed by atoms with Crippen molar-refractivity contribution < 1.29 is 21.8 Å². The first-order chi connectivity index (χ1) is 12.8. The van der Waals surface area contributed by atoms with E-state index in [1.165, 1.54) is 7.11 Å². The normalized spacial score (nSPS) is 12.1. The standard InChI is InChI=1S/C18H17N3O5S/c1-11-4-5-18-19-15(9-21(18)20-11)17-8-14-12(10-25-27(3,22)23)6-13(24-2)7-16(14)26-17/h4-9H,10H2,1-3H3. The van der Waals surface area contributed by atoms with Crippen molar-refractivity contribution in [2.75, 3.05) is 13.4 Å². The Balaban J connectivity index is 1.82. The van der Waals surface area contributed by atoms with Crippen LogP contribution in [0.2, 0.25) is 0 Å². The first-order valence-corrected chi connectivity index (χ1v) is 9.92. The van der Waals surface area contributed by atoms with Crippen LogP contribution >= 0.6 is 0 Å².